The van der Waals surface area contributed by atoms with Gasteiger partial charge < -0.3 is 17.0 Å². The first-order chi connectivity index (χ1) is 6.83. The van der Waals surface area contributed by atoms with Crippen LogP contribution < -0.4 is 22.3 Å². The molecule has 1 unspecified atom stereocenters. The smallest absolute Gasteiger partial charge is 1.00 e. The van der Waals surface area contributed by atoms with E-state index in [1.807, 2.05) is 6.20 Å². The number of Topliss-reactive ketones (excluding diaryl/α,β-unsaturated/α-hetero) is 1. The van der Waals surface area contributed by atoms with Crippen molar-refractivity contribution in [2.24, 2.45) is 0 Å². The molecule has 0 bridgehead atoms. The molecular formula is C11H17BrNOTe. The SMILES string of the molecule is CCCC[Te]1CC(=O)C2[NH2+]C=CC=C21.[Br-]. The molecule has 1 atom stereocenters. The summed E-state index contributed by atoms with van der Waals surface area (Å²) in [6.45, 7) is 2.23. The van der Waals surface area contributed by atoms with Gasteiger partial charge in [0.2, 0.25) is 0 Å². The van der Waals surface area contributed by atoms with Crippen molar-refractivity contribution in [3.05, 3.63) is 22.0 Å². The molecule has 2 rings (SSSR count). The van der Waals surface area contributed by atoms with Crippen LogP contribution in [-0.4, -0.2) is 31.4 Å². The Morgan fingerprint density at radius 2 is 2.40 bits per heavy atom. The number of carbonyl (C=O) groups excluding carboxylic acids is 1. The fourth-order valence-electron chi connectivity index (χ4n) is 1.92. The van der Waals surface area contributed by atoms with Gasteiger partial charge in [0.05, 0.1) is 0 Å². The number of ketones is 1. The minimum absolute atomic E-state index is 0. The maximum Gasteiger partial charge on any atom is -1.00 e. The normalized spacial score (nSPS) is 24.7. The van der Waals surface area contributed by atoms with E-state index in [9.17, 15) is 4.79 Å². The van der Waals surface area contributed by atoms with Crippen molar-refractivity contribution in [3.63, 3.8) is 0 Å². The summed E-state index contributed by atoms with van der Waals surface area (Å²) in [7, 11) is 0. The topological polar surface area (TPSA) is 33.7 Å². The molecule has 2 aliphatic heterocycles. The Morgan fingerprint density at radius 1 is 1.60 bits per heavy atom. The predicted octanol–water partition coefficient (Wildman–Crippen LogP) is -2.21. The van der Waals surface area contributed by atoms with Crippen LogP contribution in [0.4, 0.5) is 0 Å². The van der Waals surface area contributed by atoms with E-state index >= 15 is 0 Å². The van der Waals surface area contributed by atoms with Gasteiger partial charge in [0, 0.05) is 0 Å². The Morgan fingerprint density at radius 3 is 3.13 bits per heavy atom. The maximum atomic E-state index is 11.7. The van der Waals surface area contributed by atoms with Crippen LogP contribution in [0.5, 0.6) is 0 Å². The molecule has 4 heteroatoms. The Labute approximate surface area is 109 Å². The van der Waals surface area contributed by atoms with Crippen LogP contribution in [0.25, 0.3) is 0 Å². The monoisotopic (exact) mass is 388 g/mol. The van der Waals surface area contributed by atoms with Crippen molar-refractivity contribution >= 4 is 25.3 Å². The number of rotatable bonds is 3. The number of quaternary nitrogens is 1. The van der Waals surface area contributed by atoms with Crippen LogP contribution >= 0.6 is 0 Å². The van der Waals surface area contributed by atoms with Gasteiger partial charge in [-0.15, -0.1) is 0 Å². The van der Waals surface area contributed by atoms with E-state index in [0.717, 1.165) is 4.47 Å². The van der Waals surface area contributed by atoms with E-state index in [4.69, 9.17) is 0 Å². The molecule has 0 aliphatic carbocycles. The fraction of sp³-hybridized carbons (Fsp3) is 0.545. The summed E-state index contributed by atoms with van der Waals surface area (Å²) >= 11 is -1.18. The van der Waals surface area contributed by atoms with Crippen LogP contribution in [-0.2, 0) is 4.79 Å². The molecule has 15 heavy (non-hydrogen) atoms. The Kier molecular flexibility index (Phi) is 5.56. The number of unbranched alkanes of at least 4 members (excludes halogenated alkanes) is 1. The minimum atomic E-state index is -1.18. The summed E-state index contributed by atoms with van der Waals surface area (Å²) in [5, 5.41) is 2.09. The number of hydrogen-bond acceptors (Lipinski definition) is 1. The molecule has 0 spiro atoms. The van der Waals surface area contributed by atoms with E-state index < -0.39 is 19.6 Å². The van der Waals surface area contributed by atoms with Gasteiger partial charge in [0.25, 0.3) is 0 Å². The molecule has 0 aromatic rings. The van der Waals surface area contributed by atoms with Crippen molar-refractivity contribution in [1.29, 1.82) is 0 Å². The maximum absolute atomic E-state index is 11.7. The van der Waals surface area contributed by atoms with Crippen LogP contribution in [0, 0.1) is 0 Å². The van der Waals surface area contributed by atoms with Crippen LogP contribution in [0.1, 0.15) is 19.8 Å². The number of fused-ring (bicyclic) bond motifs is 1. The summed E-state index contributed by atoms with van der Waals surface area (Å²) in [6, 6.07) is 0.202. The number of allylic oxidation sites excluding steroid dienone is 2. The first-order valence-corrected chi connectivity index (χ1v) is 9.71. The summed E-state index contributed by atoms with van der Waals surface area (Å²) < 4.78 is 3.84. The summed E-state index contributed by atoms with van der Waals surface area (Å²) in [4.78, 5) is 11.7. The van der Waals surface area contributed by atoms with Gasteiger partial charge >= 0.3 is 92.2 Å². The molecule has 1 fully saturated rings. The fourth-order valence-corrected chi connectivity index (χ4v) is 9.19. The van der Waals surface area contributed by atoms with Gasteiger partial charge in [-0.05, 0) is 0 Å². The number of halogens is 1. The van der Waals surface area contributed by atoms with Crippen molar-refractivity contribution in [3.8, 4) is 0 Å². The van der Waals surface area contributed by atoms with Crippen molar-refractivity contribution in [1.82, 2.24) is 0 Å². The van der Waals surface area contributed by atoms with Crippen LogP contribution in [0.3, 0.4) is 0 Å². The third kappa shape index (κ3) is 2.94. The molecule has 0 amide bonds. The molecule has 0 aromatic heterocycles. The van der Waals surface area contributed by atoms with Crippen LogP contribution in [0.15, 0.2) is 22.0 Å². The Hall–Kier alpha value is 0.380. The zero-order valence-electron chi connectivity index (χ0n) is 8.91. The summed E-state index contributed by atoms with van der Waals surface area (Å²) in [5.74, 6) is 0.494. The first-order valence-electron chi connectivity index (χ1n) is 5.25. The minimum Gasteiger partial charge on any atom is -1.00 e. The first kappa shape index (κ1) is 13.4. The van der Waals surface area contributed by atoms with E-state index in [0.29, 0.717) is 5.78 Å². The molecule has 2 nitrogen and oxygen atoms in total. The average Bonchev–Trinajstić information content (AvgIpc) is 2.54. The molecule has 85 valence electrons. The Bertz CT molecular complexity index is 301. The quantitative estimate of drug-likeness (QED) is 0.549. The third-order valence-electron chi connectivity index (χ3n) is 2.72. The van der Waals surface area contributed by atoms with Gasteiger partial charge in [-0.3, -0.25) is 0 Å². The molecule has 2 N–H and O–H groups in total. The Balaban J connectivity index is 0.00000112. The molecular weight excluding hydrogens is 370 g/mol. The predicted molar refractivity (Wildman–Crippen MR) is 58.2 cm³/mol. The van der Waals surface area contributed by atoms with Gasteiger partial charge in [-0.2, -0.15) is 0 Å². The van der Waals surface area contributed by atoms with Crippen LogP contribution in [0.2, 0.25) is 8.94 Å². The second kappa shape index (κ2) is 6.20. The summed E-state index contributed by atoms with van der Waals surface area (Å²) in [5.41, 5.74) is 0. The summed E-state index contributed by atoms with van der Waals surface area (Å²) in [6.07, 6.45) is 8.93. The van der Waals surface area contributed by atoms with Crippen molar-refractivity contribution in [2.45, 2.75) is 34.7 Å². The van der Waals surface area contributed by atoms with Gasteiger partial charge in [-0.25, -0.2) is 0 Å². The molecule has 2 aliphatic rings. The van der Waals surface area contributed by atoms with Crippen molar-refractivity contribution < 1.29 is 27.1 Å². The average molecular weight is 387 g/mol. The third-order valence-corrected chi connectivity index (χ3v) is 9.78. The van der Waals surface area contributed by atoms with Gasteiger partial charge in [0.1, 0.15) is 0 Å². The second-order valence-corrected chi connectivity index (χ2v) is 9.93. The zero-order valence-corrected chi connectivity index (χ0v) is 12.8. The molecule has 1 saturated heterocycles. The second-order valence-electron chi connectivity index (χ2n) is 3.79. The van der Waals surface area contributed by atoms with E-state index in [-0.39, 0.29) is 23.0 Å². The largest absolute Gasteiger partial charge is 1.00 e. The number of hydrogen-bond donors (Lipinski definition) is 1. The molecule has 0 aromatic carbocycles. The molecule has 0 saturated carbocycles. The van der Waals surface area contributed by atoms with E-state index in [1.54, 1.807) is 0 Å². The van der Waals surface area contributed by atoms with Gasteiger partial charge in [-0.1, -0.05) is 0 Å². The van der Waals surface area contributed by atoms with E-state index in [1.165, 1.54) is 20.9 Å². The molecule has 2 heterocycles. The van der Waals surface area contributed by atoms with E-state index in [2.05, 4.69) is 24.4 Å². The number of carbonyl (C=O) groups is 1. The van der Waals surface area contributed by atoms with Crippen molar-refractivity contribution in [2.75, 3.05) is 0 Å². The number of nitrogens with two attached hydrogens (primary N) is 1. The standard InChI is InChI=1S/C11H16NOTe.BrH/c1-2-3-7-14-8-9(13)11-10(14)5-4-6-12-11;/h4-6,11-12H,2-3,7-8H2,1H3;1H. The zero-order chi connectivity index (χ0) is 9.97. The van der Waals surface area contributed by atoms with Gasteiger partial charge in [0.15, 0.2) is 0 Å². The molecule has 1 radical (unpaired) electrons.